The van der Waals surface area contributed by atoms with Gasteiger partial charge in [-0.3, -0.25) is 4.79 Å². The van der Waals surface area contributed by atoms with Crippen molar-refractivity contribution >= 4 is 12.1 Å². The van der Waals surface area contributed by atoms with E-state index in [4.69, 9.17) is 4.74 Å². The molecule has 2 aromatic rings. The SMILES string of the molecule is COc1ccc(C(=O)NN=Cc2ccccc2)cc1. The summed E-state index contributed by atoms with van der Waals surface area (Å²) in [6.07, 6.45) is 1.60. The molecular weight excluding hydrogens is 240 g/mol. The van der Waals surface area contributed by atoms with Gasteiger partial charge in [-0.1, -0.05) is 30.3 Å². The number of benzene rings is 2. The van der Waals surface area contributed by atoms with Crippen LogP contribution in [0.3, 0.4) is 0 Å². The summed E-state index contributed by atoms with van der Waals surface area (Å²) in [4.78, 5) is 11.8. The Morgan fingerprint density at radius 1 is 1.11 bits per heavy atom. The fourth-order valence-electron chi connectivity index (χ4n) is 1.51. The summed E-state index contributed by atoms with van der Waals surface area (Å²) in [5.74, 6) is 0.458. The van der Waals surface area contributed by atoms with Gasteiger partial charge >= 0.3 is 0 Å². The zero-order valence-corrected chi connectivity index (χ0v) is 10.5. The van der Waals surface area contributed by atoms with E-state index in [1.54, 1.807) is 37.6 Å². The predicted octanol–water partition coefficient (Wildman–Crippen LogP) is 2.46. The number of hydrogen-bond acceptors (Lipinski definition) is 3. The highest BCUT2D eigenvalue weighted by atomic mass is 16.5. The summed E-state index contributed by atoms with van der Waals surface area (Å²) < 4.78 is 5.03. The number of nitrogens with one attached hydrogen (secondary N) is 1. The molecule has 0 saturated heterocycles. The number of ether oxygens (including phenoxy) is 1. The van der Waals surface area contributed by atoms with E-state index < -0.39 is 0 Å². The summed E-state index contributed by atoms with van der Waals surface area (Å²) >= 11 is 0. The first-order valence-electron chi connectivity index (χ1n) is 5.82. The van der Waals surface area contributed by atoms with E-state index in [1.165, 1.54) is 0 Å². The van der Waals surface area contributed by atoms with Crippen molar-refractivity contribution < 1.29 is 9.53 Å². The maximum atomic E-state index is 11.8. The van der Waals surface area contributed by atoms with Crippen LogP contribution in [0.1, 0.15) is 15.9 Å². The Morgan fingerprint density at radius 3 is 2.42 bits per heavy atom. The average Bonchev–Trinajstić information content (AvgIpc) is 2.48. The third-order valence-corrected chi connectivity index (χ3v) is 2.53. The molecule has 0 atom stereocenters. The number of hydrazone groups is 1. The second-order valence-corrected chi connectivity index (χ2v) is 3.84. The molecule has 0 aromatic heterocycles. The van der Waals surface area contributed by atoms with E-state index in [9.17, 15) is 4.79 Å². The Hall–Kier alpha value is -2.62. The number of rotatable bonds is 4. The minimum atomic E-state index is -0.255. The smallest absolute Gasteiger partial charge is 0.271 e. The predicted molar refractivity (Wildman–Crippen MR) is 74.5 cm³/mol. The van der Waals surface area contributed by atoms with Crippen LogP contribution in [0.25, 0.3) is 0 Å². The third-order valence-electron chi connectivity index (χ3n) is 2.53. The van der Waals surface area contributed by atoms with Gasteiger partial charge in [0.05, 0.1) is 13.3 Å². The number of amides is 1. The van der Waals surface area contributed by atoms with E-state index in [0.717, 1.165) is 5.56 Å². The molecule has 0 radical (unpaired) electrons. The molecule has 0 fully saturated rings. The van der Waals surface area contributed by atoms with Gasteiger partial charge in [0.25, 0.3) is 5.91 Å². The molecule has 0 bridgehead atoms. The van der Waals surface area contributed by atoms with Crippen LogP contribution in [0.4, 0.5) is 0 Å². The van der Waals surface area contributed by atoms with Crippen molar-refractivity contribution in [1.82, 2.24) is 5.43 Å². The van der Waals surface area contributed by atoms with Crippen molar-refractivity contribution in [2.75, 3.05) is 7.11 Å². The molecule has 1 N–H and O–H groups in total. The fraction of sp³-hybridized carbons (Fsp3) is 0.0667. The number of hydrogen-bond donors (Lipinski definition) is 1. The molecular formula is C15H14N2O2. The fourth-order valence-corrected chi connectivity index (χ4v) is 1.51. The normalized spacial score (nSPS) is 10.4. The lowest BCUT2D eigenvalue weighted by Crippen LogP contribution is -2.17. The Bertz CT molecular complexity index is 562. The third kappa shape index (κ3) is 3.67. The molecule has 19 heavy (non-hydrogen) atoms. The van der Waals surface area contributed by atoms with E-state index in [-0.39, 0.29) is 5.91 Å². The molecule has 2 rings (SSSR count). The van der Waals surface area contributed by atoms with Crippen LogP contribution in [0, 0.1) is 0 Å². The van der Waals surface area contributed by atoms with Crippen LogP contribution in [0.5, 0.6) is 5.75 Å². The van der Waals surface area contributed by atoms with Gasteiger partial charge in [-0.05, 0) is 29.8 Å². The van der Waals surface area contributed by atoms with Gasteiger partial charge in [-0.15, -0.1) is 0 Å². The number of carbonyl (C=O) groups is 1. The summed E-state index contributed by atoms with van der Waals surface area (Å²) in [6, 6.07) is 16.4. The van der Waals surface area contributed by atoms with Crippen molar-refractivity contribution in [3.63, 3.8) is 0 Å². The standard InChI is InChI=1S/C15H14N2O2/c1-19-14-9-7-13(8-10-14)15(18)17-16-11-12-5-3-2-4-6-12/h2-11H,1H3,(H,17,18). The lowest BCUT2D eigenvalue weighted by atomic mass is 10.2. The van der Waals surface area contributed by atoms with E-state index >= 15 is 0 Å². The Kier molecular flexibility index (Phi) is 4.29. The first kappa shape index (κ1) is 12.8. The van der Waals surface area contributed by atoms with Gasteiger partial charge in [-0.25, -0.2) is 5.43 Å². The van der Waals surface area contributed by atoms with Crippen LogP contribution < -0.4 is 10.2 Å². The van der Waals surface area contributed by atoms with Crippen molar-refractivity contribution in [1.29, 1.82) is 0 Å². The maximum Gasteiger partial charge on any atom is 0.271 e. The van der Waals surface area contributed by atoms with Crippen molar-refractivity contribution in [2.24, 2.45) is 5.10 Å². The summed E-state index contributed by atoms with van der Waals surface area (Å²) in [5.41, 5.74) is 3.94. The molecule has 96 valence electrons. The monoisotopic (exact) mass is 254 g/mol. The van der Waals surface area contributed by atoms with E-state index in [2.05, 4.69) is 10.5 Å². The summed E-state index contributed by atoms with van der Waals surface area (Å²) in [5, 5.41) is 3.90. The topological polar surface area (TPSA) is 50.7 Å². The van der Waals surface area contributed by atoms with Gasteiger partial charge in [0.1, 0.15) is 5.75 Å². The lowest BCUT2D eigenvalue weighted by Gasteiger charge is -2.02. The zero-order chi connectivity index (χ0) is 13.5. The highest BCUT2D eigenvalue weighted by Gasteiger charge is 2.03. The molecule has 0 aliphatic rings. The lowest BCUT2D eigenvalue weighted by molar-refractivity contribution is 0.0955. The van der Waals surface area contributed by atoms with Crippen LogP contribution >= 0.6 is 0 Å². The second kappa shape index (κ2) is 6.35. The summed E-state index contributed by atoms with van der Waals surface area (Å²) in [7, 11) is 1.58. The quantitative estimate of drug-likeness (QED) is 0.673. The Balaban J connectivity index is 1.95. The first-order valence-corrected chi connectivity index (χ1v) is 5.82. The highest BCUT2D eigenvalue weighted by molar-refractivity contribution is 5.94. The molecule has 0 aliphatic carbocycles. The molecule has 0 unspecified atom stereocenters. The summed E-state index contributed by atoms with van der Waals surface area (Å²) in [6.45, 7) is 0. The molecule has 0 aliphatic heterocycles. The minimum absolute atomic E-state index is 0.255. The largest absolute Gasteiger partial charge is 0.497 e. The average molecular weight is 254 g/mol. The minimum Gasteiger partial charge on any atom is -0.497 e. The van der Waals surface area contributed by atoms with Crippen LogP contribution in [-0.4, -0.2) is 19.2 Å². The van der Waals surface area contributed by atoms with Gasteiger partial charge in [-0.2, -0.15) is 5.10 Å². The molecule has 2 aromatic carbocycles. The number of methoxy groups -OCH3 is 1. The molecule has 0 heterocycles. The van der Waals surface area contributed by atoms with Crippen LogP contribution in [-0.2, 0) is 0 Å². The molecule has 4 nitrogen and oxygen atoms in total. The molecule has 1 amide bonds. The van der Waals surface area contributed by atoms with Crippen molar-refractivity contribution in [2.45, 2.75) is 0 Å². The molecule has 4 heteroatoms. The number of carbonyl (C=O) groups excluding carboxylic acids is 1. The Labute approximate surface area is 111 Å². The van der Waals surface area contributed by atoms with Gasteiger partial charge in [0, 0.05) is 5.56 Å². The maximum absolute atomic E-state index is 11.8. The zero-order valence-electron chi connectivity index (χ0n) is 10.5. The van der Waals surface area contributed by atoms with Crippen molar-refractivity contribution in [3.8, 4) is 5.75 Å². The first-order chi connectivity index (χ1) is 9.29. The Morgan fingerprint density at radius 2 is 1.79 bits per heavy atom. The van der Waals surface area contributed by atoms with Crippen molar-refractivity contribution in [3.05, 3.63) is 65.7 Å². The van der Waals surface area contributed by atoms with E-state index in [1.807, 2.05) is 30.3 Å². The van der Waals surface area contributed by atoms with Crippen LogP contribution in [0.15, 0.2) is 59.7 Å². The molecule has 0 spiro atoms. The van der Waals surface area contributed by atoms with Gasteiger partial charge < -0.3 is 4.74 Å². The second-order valence-electron chi connectivity index (χ2n) is 3.84. The van der Waals surface area contributed by atoms with Gasteiger partial charge in [0.15, 0.2) is 0 Å². The van der Waals surface area contributed by atoms with Gasteiger partial charge in [0.2, 0.25) is 0 Å². The van der Waals surface area contributed by atoms with Crippen LogP contribution in [0.2, 0.25) is 0 Å². The number of nitrogens with zero attached hydrogens (tertiary/aromatic N) is 1. The highest BCUT2D eigenvalue weighted by Crippen LogP contribution is 2.10. The molecule has 0 saturated carbocycles. The van der Waals surface area contributed by atoms with E-state index in [0.29, 0.717) is 11.3 Å².